The monoisotopic (exact) mass is 595 g/mol. The zero-order chi connectivity index (χ0) is 29.1. The van der Waals surface area contributed by atoms with Gasteiger partial charge in [0, 0.05) is 11.1 Å². The number of rotatable bonds is 7. The summed E-state index contributed by atoms with van der Waals surface area (Å²) in [6.45, 7) is 0. The second kappa shape index (κ2) is 11.6. The largest absolute Gasteiger partial charge is 0.495 e. The SMILES string of the molecule is COc1ccc(-c2cc(C(=O)O)cc(-c3ccc(OC)c(S(=O)(=O)O)c3)n2)cc1S(=O)(=O)O.[O-][Cl+3]([O-])([O-])O. The van der Waals surface area contributed by atoms with Crippen LogP contribution in [0.1, 0.15) is 10.4 Å². The van der Waals surface area contributed by atoms with Crippen molar-refractivity contribution in [2.75, 3.05) is 14.2 Å². The Kier molecular flexibility index (Phi) is 9.38. The van der Waals surface area contributed by atoms with Gasteiger partial charge in [-0.1, -0.05) is 0 Å². The molecule has 1 heterocycles. The van der Waals surface area contributed by atoms with Crippen LogP contribution in [0.15, 0.2) is 58.3 Å². The van der Waals surface area contributed by atoms with Crippen LogP contribution in [0.5, 0.6) is 11.5 Å². The summed E-state index contributed by atoms with van der Waals surface area (Å²) in [5, 5.41) is 9.52. The van der Waals surface area contributed by atoms with Crippen molar-refractivity contribution in [2.24, 2.45) is 0 Å². The number of carboxylic acid groups (broad SMARTS) is 1. The first kappa shape index (κ1) is 30.8. The normalized spacial score (nSPS) is 11.8. The van der Waals surface area contributed by atoms with Crippen LogP contribution in [0.25, 0.3) is 22.5 Å². The molecule has 0 amide bonds. The topological polar surface area (TPSA) is 267 Å². The van der Waals surface area contributed by atoms with Gasteiger partial charge >= 0.3 is 5.97 Å². The number of halogens is 1. The maximum absolute atomic E-state index is 11.7. The quantitative estimate of drug-likeness (QED) is 0.226. The molecule has 38 heavy (non-hydrogen) atoms. The number of carbonyl (C=O) groups is 1. The molecule has 0 aliphatic rings. The molecule has 15 nitrogen and oxygen atoms in total. The van der Waals surface area contributed by atoms with E-state index in [1.807, 2.05) is 0 Å². The minimum Gasteiger partial charge on any atom is -0.495 e. The Morgan fingerprint density at radius 2 is 1.13 bits per heavy atom. The van der Waals surface area contributed by atoms with Gasteiger partial charge in [-0.05, 0) is 48.5 Å². The fraction of sp³-hybridized carbons (Fsp3) is 0.100. The Hall–Kier alpha value is -3.39. The van der Waals surface area contributed by atoms with Crippen LogP contribution >= 0.6 is 0 Å². The Balaban J connectivity index is 0.000000926. The van der Waals surface area contributed by atoms with Gasteiger partial charge in [0.1, 0.15) is 21.3 Å². The number of nitrogens with zero attached hydrogens (tertiary/aromatic N) is 1. The lowest BCUT2D eigenvalue weighted by molar-refractivity contribution is -1.92. The molecule has 0 saturated heterocycles. The molecule has 3 rings (SSSR count). The van der Waals surface area contributed by atoms with Crippen molar-refractivity contribution in [2.45, 2.75) is 9.79 Å². The van der Waals surface area contributed by atoms with Gasteiger partial charge < -0.3 is 14.6 Å². The molecule has 0 fully saturated rings. The third-order valence-corrected chi connectivity index (χ3v) is 6.30. The van der Waals surface area contributed by atoms with Crippen LogP contribution in [-0.4, -0.2) is 60.9 Å². The van der Waals surface area contributed by atoms with E-state index in [4.69, 9.17) is 28.1 Å². The predicted octanol–water partition coefficient (Wildman–Crippen LogP) is -1.50. The lowest BCUT2D eigenvalue weighted by Gasteiger charge is -2.12. The van der Waals surface area contributed by atoms with Crippen molar-refractivity contribution >= 4 is 26.2 Å². The molecule has 2 aromatic carbocycles. The van der Waals surface area contributed by atoms with Crippen LogP contribution in [0.3, 0.4) is 0 Å². The number of benzene rings is 2. The van der Waals surface area contributed by atoms with E-state index in [0.717, 1.165) is 12.1 Å². The van der Waals surface area contributed by atoms with E-state index in [2.05, 4.69) is 4.98 Å². The van der Waals surface area contributed by atoms with E-state index in [1.54, 1.807) is 0 Å². The van der Waals surface area contributed by atoms with Gasteiger partial charge in [-0.15, -0.1) is 0 Å². The second-order valence-corrected chi connectivity index (χ2v) is 10.6. The standard InChI is InChI=1S/C20H17NO10S2.ClHO4/c1-30-16-5-3-11(9-18(16)32(24,25)26)14-7-13(20(22)23)8-15(21-14)12-4-6-17(31-2)19(10-12)33(27,28)29;2-1(3,4)5/h3-10H,1-2H3,(H,22,23)(H,24,25,26)(H,27,28,29);(H,2,3,4,5). The Labute approximate surface area is 217 Å². The van der Waals surface area contributed by atoms with Crippen molar-refractivity contribution in [3.8, 4) is 34.0 Å². The number of carboxylic acids is 1. The van der Waals surface area contributed by atoms with Crippen molar-refractivity contribution in [1.82, 2.24) is 4.98 Å². The number of hydrogen-bond acceptors (Lipinski definition) is 12. The van der Waals surface area contributed by atoms with Gasteiger partial charge in [-0.3, -0.25) is 9.11 Å². The molecule has 18 heteroatoms. The number of methoxy groups -OCH3 is 2. The van der Waals surface area contributed by atoms with Crippen LogP contribution in [0, 0.1) is 10.2 Å². The van der Waals surface area contributed by atoms with Crippen LogP contribution < -0.4 is 23.5 Å². The van der Waals surface area contributed by atoms with E-state index in [-0.39, 0.29) is 39.6 Å². The Morgan fingerprint density at radius 1 is 0.789 bits per heavy atom. The summed E-state index contributed by atoms with van der Waals surface area (Å²) in [5.41, 5.74) is 0.0689. The highest BCUT2D eigenvalue weighted by atomic mass is 35.7. The molecule has 0 spiro atoms. The van der Waals surface area contributed by atoms with Gasteiger partial charge in [0.25, 0.3) is 20.2 Å². The summed E-state index contributed by atoms with van der Waals surface area (Å²) in [6, 6.07) is 9.80. The third kappa shape index (κ3) is 8.31. The summed E-state index contributed by atoms with van der Waals surface area (Å²) in [5.74, 6) is -1.60. The predicted molar refractivity (Wildman–Crippen MR) is 117 cm³/mol. The van der Waals surface area contributed by atoms with Gasteiger partial charge in [-0.25, -0.2) is 9.78 Å². The minimum absolute atomic E-state index is 0.0154. The van der Waals surface area contributed by atoms with Crippen molar-refractivity contribution < 1.29 is 74.2 Å². The molecule has 0 unspecified atom stereocenters. The maximum Gasteiger partial charge on any atom is 0.335 e. The van der Waals surface area contributed by atoms with Crippen molar-refractivity contribution in [3.05, 3.63) is 54.1 Å². The molecule has 0 aliphatic heterocycles. The van der Waals surface area contributed by atoms with E-state index < -0.39 is 46.2 Å². The first-order valence-electron chi connectivity index (χ1n) is 9.55. The summed E-state index contributed by atoms with van der Waals surface area (Å²) in [7, 11) is -11.6. The van der Waals surface area contributed by atoms with Gasteiger partial charge in [0.15, 0.2) is 0 Å². The molecule has 0 bridgehead atoms. The second-order valence-electron chi connectivity index (χ2n) is 7.01. The number of aromatic carboxylic acids is 1. The molecule has 1 aromatic heterocycles. The number of hydrogen-bond donors (Lipinski definition) is 4. The van der Waals surface area contributed by atoms with E-state index in [0.29, 0.717) is 0 Å². The van der Waals surface area contributed by atoms with E-state index in [1.165, 1.54) is 50.6 Å². The first-order chi connectivity index (χ1) is 17.3. The van der Waals surface area contributed by atoms with Crippen molar-refractivity contribution in [1.29, 1.82) is 0 Å². The summed E-state index contributed by atoms with van der Waals surface area (Å²) < 4.78 is 108. The average Bonchev–Trinajstić information content (AvgIpc) is 2.80. The molecule has 3 aromatic rings. The molecule has 0 saturated carbocycles. The number of ether oxygens (including phenoxy) is 2. The molecular formula is C20H18ClNO14S2. The molecule has 0 radical (unpaired) electrons. The summed E-state index contributed by atoms with van der Waals surface area (Å²) in [4.78, 5) is 14.9. The van der Waals surface area contributed by atoms with Crippen molar-refractivity contribution in [3.63, 3.8) is 0 Å². The van der Waals surface area contributed by atoms with Crippen LogP contribution in [0.2, 0.25) is 0 Å². The Morgan fingerprint density at radius 3 is 1.39 bits per heavy atom. The smallest absolute Gasteiger partial charge is 0.335 e. The molecule has 4 N–H and O–H groups in total. The lowest BCUT2D eigenvalue weighted by atomic mass is 10.0. The lowest BCUT2D eigenvalue weighted by Crippen LogP contribution is -2.58. The number of aromatic nitrogens is 1. The minimum atomic E-state index is -4.69. The highest BCUT2D eigenvalue weighted by Crippen LogP contribution is 2.33. The summed E-state index contributed by atoms with van der Waals surface area (Å²) >= 11 is 0. The zero-order valence-electron chi connectivity index (χ0n) is 19.1. The summed E-state index contributed by atoms with van der Waals surface area (Å²) in [6.07, 6.45) is 0. The zero-order valence-corrected chi connectivity index (χ0v) is 21.5. The molecule has 0 aliphatic carbocycles. The molecule has 206 valence electrons. The van der Waals surface area contributed by atoms with Crippen LogP contribution in [-0.2, 0) is 20.2 Å². The third-order valence-electron chi connectivity index (χ3n) is 4.55. The first-order valence-corrected chi connectivity index (χ1v) is 13.7. The fourth-order valence-corrected chi connectivity index (χ4v) is 4.39. The average molecular weight is 596 g/mol. The van der Waals surface area contributed by atoms with Crippen LogP contribution in [0.4, 0.5) is 0 Å². The Bertz CT molecular complexity index is 1460. The highest BCUT2D eigenvalue weighted by Gasteiger charge is 2.21. The maximum atomic E-state index is 11.7. The van der Waals surface area contributed by atoms with E-state index in [9.17, 15) is 35.8 Å². The van der Waals surface area contributed by atoms with Gasteiger partial charge in [0.2, 0.25) is 0 Å². The van der Waals surface area contributed by atoms with Gasteiger partial charge in [-0.2, -0.15) is 30.8 Å². The number of pyridine rings is 1. The highest BCUT2D eigenvalue weighted by molar-refractivity contribution is 7.86. The van der Waals surface area contributed by atoms with Gasteiger partial charge in [0.05, 0.1) is 46.1 Å². The van der Waals surface area contributed by atoms with E-state index >= 15 is 0 Å². The molecular weight excluding hydrogens is 578 g/mol. The fourth-order valence-electron chi connectivity index (χ4n) is 3.03. The molecule has 0 atom stereocenters.